The Hall–Kier alpha value is -3.67. The van der Waals surface area contributed by atoms with Crippen molar-refractivity contribution < 1.29 is 4.79 Å². The SMILES string of the molecule is CN1C(=O)C(c2ccccc2)(c2cccc(NCc3ccncc3)c2)N=C1N. The third-order valence-corrected chi connectivity index (χ3v) is 4.96. The summed E-state index contributed by atoms with van der Waals surface area (Å²) in [4.78, 5) is 23.3. The summed E-state index contributed by atoms with van der Waals surface area (Å²) in [5.74, 6) is 0.0477. The van der Waals surface area contributed by atoms with E-state index >= 15 is 0 Å². The molecule has 2 aromatic carbocycles. The second-order valence-electron chi connectivity index (χ2n) is 6.70. The largest absolute Gasteiger partial charge is 0.381 e. The number of carbonyl (C=O) groups excluding carboxylic acids is 1. The van der Waals surface area contributed by atoms with Crippen LogP contribution in [0.2, 0.25) is 0 Å². The van der Waals surface area contributed by atoms with Crippen LogP contribution in [0.3, 0.4) is 0 Å². The molecule has 0 saturated heterocycles. The molecule has 1 amide bonds. The monoisotopic (exact) mass is 371 g/mol. The van der Waals surface area contributed by atoms with Crippen LogP contribution in [0.4, 0.5) is 5.69 Å². The molecule has 6 heteroatoms. The van der Waals surface area contributed by atoms with E-state index in [2.05, 4.69) is 15.3 Å². The Morgan fingerprint density at radius 1 is 1.00 bits per heavy atom. The molecule has 3 N–H and O–H groups in total. The van der Waals surface area contributed by atoms with E-state index in [-0.39, 0.29) is 11.9 Å². The Morgan fingerprint density at radius 3 is 2.39 bits per heavy atom. The molecule has 1 aliphatic rings. The molecule has 140 valence electrons. The lowest BCUT2D eigenvalue weighted by Gasteiger charge is -2.26. The Kier molecular flexibility index (Phi) is 4.53. The first-order valence-corrected chi connectivity index (χ1v) is 9.03. The summed E-state index contributed by atoms with van der Waals surface area (Å²) in [5, 5.41) is 3.40. The highest BCUT2D eigenvalue weighted by Crippen LogP contribution is 2.39. The van der Waals surface area contributed by atoms with E-state index in [0.29, 0.717) is 6.54 Å². The maximum absolute atomic E-state index is 13.2. The molecule has 28 heavy (non-hydrogen) atoms. The zero-order chi connectivity index (χ0) is 19.6. The van der Waals surface area contributed by atoms with Crippen molar-refractivity contribution in [3.63, 3.8) is 0 Å². The molecule has 1 aromatic heterocycles. The highest BCUT2D eigenvalue weighted by molar-refractivity contribution is 6.09. The number of aromatic nitrogens is 1. The van der Waals surface area contributed by atoms with Crippen molar-refractivity contribution in [2.24, 2.45) is 10.7 Å². The molecule has 0 spiro atoms. The molecule has 1 atom stereocenters. The molecule has 0 radical (unpaired) electrons. The summed E-state index contributed by atoms with van der Waals surface area (Å²) in [6.07, 6.45) is 3.53. The van der Waals surface area contributed by atoms with Crippen LogP contribution in [0.1, 0.15) is 16.7 Å². The van der Waals surface area contributed by atoms with Gasteiger partial charge in [0.25, 0.3) is 5.91 Å². The summed E-state index contributed by atoms with van der Waals surface area (Å²) in [6, 6.07) is 21.2. The maximum Gasteiger partial charge on any atom is 0.266 e. The predicted molar refractivity (Wildman–Crippen MR) is 110 cm³/mol. The number of nitrogens with two attached hydrogens (primary N) is 1. The second-order valence-corrected chi connectivity index (χ2v) is 6.70. The lowest BCUT2D eigenvalue weighted by atomic mass is 9.82. The Bertz CT molecular complexity index is 1020. The molecule has 0 bridgehead atoms. The number of pyridine rings is 1. The zero-order valence-electron chi connectivity index (χ0n) is 15.5. The molecule has 0 saturated carbocycles. The van der Waals surface area contributed by atoms with Gasteiger partial charge in [0.2, 0.25) is 0 Å². The number of likely N-dealkylation sites (N-methyl/N-ethyl adjacent to an activating group) is 1. The highest BCUT2D eigenvalue weighted by Gasteiger charge is 2.49. The van der Waals surface area contributed by atoms with E-state index in [1.807, 2.05) is 66.7 Å². The number of guanidine groups is 1. The molecule has 3 aromatic rings. The first kappa shape index (κ1) is 17.7. The predicted octanol–water partition coefficient (Wildman–Crippen LogP) is 2.72. The molecular weight excluding hydrogens is 350 g/mol. The van der Waals surface area contributed by atoms with Gasteiger partial charge in [0.1, 0.15) is 0 Å². The van der Waals surface area contributed by atoms with Crippen LogP contribution in [0, 0.1) is 0 Å². The van der Waals surface area contributed by atoms with Gasteiger partial charge in [-0.05, 0) is 41.0 Å². The molecular formula is C22H21N5O. The lowest BCUT2D eigenvalue weighted by Crippen LogP contribution is -2.41. The van der Waals surface area contributed by atoms with Crippen LogP contribution in [-0.2, 0) is 16.9 Å². The van der Waals surface area contributed by atoms with Gasteiger partial charge < -0.3 is 11.1 Å². The summed E-state index contributed by atoms with van der Waals surface area (Å²) in [6.45, 7) is 0.656. The molecule has 1 unspecified atom stereocenters. The topological polar surface area (TPSA) is 83.6 Å². The normalized spacial score (nSPS) is 18.8. The van der Waals surface area contributed by atoms with Crippen molar-refractivity contribution in [3.05, 3.63) is 95.8 Å². The van der Waals surface area contributed by atoms with Crippen LogP contribution in [0.15, 0.2) is 84.1 Å². The minimum absolute atomic E-state index is 0.164. The van der Waals surface area contributed by atoms with Crippen LogP contribution in [-0.4, -0.2) is 28.8 Å². The van der Waals surface area contributed by atoms with Crippen molar-refractivity contribution in [2.45, 2.75) is 12.1 Å². The number of benzene rings is 2. The molecule has 2 heterocycles. The van der Waals surface area contributed by atoms with Gasteiger partial charge in [-0.15, -0.1) is 0 Å². The quantitative estimate of drug-likeness (QED) is 0.722. The number of amides is 1. The highest BCUT2D eigenvalue weighted by atomic mass is 16.2. The fraction of sp³-hybridized carbons (Fsp3) is 0.136. The lowest BCUT2D eigenvalue weighted by molar-refractivity contribution is -0.129. The van der Waals surface area contributed by atoms with Gasteiger partial charge in [-0.1, -0.05) is 42.5 Å². The minimum Gasteiger partial charge on any atom is -0.381 e. The van der Waals surface area contributed by atoms with Gasteiger partial charge in [0.15, 0.2) is 11.5 Å². The van der Waals surface area contributed by atoms with E-state index in [4.69, 9.17) is 5.73 Å². The maximum atomic E-state index is 13.2. The molecule has 0 fully saturated rings. The van der Waals surface area contributed by atoms with E-state index < -0.39 is 5.54 Å². The van der Waals surface area contributed by atoms with Crippen molar-refractivity contribution in [3.8, 4) is 0 Å². The van der Waals surface area contributed by atoms with Crippen molar-refractivity contribution in [1.82, 2.24) is 9.88 Å². The summed E-state index contributed by atoms with van der Waals surface area (Å²) < 4.78 is 0. The van der Waals surface area contributed by atoms with Crippen molar-refractivity contribution in [1.29, 1.82) is 0 Å². The van der Waals surface area contributed by atoms with E-state index in [1.165, 1.54) is 4.90 Å². The summed E-state index contributed by atoms with van der Waals surface area (Å²) >= 11 is 0. The second kappa shape index (κ2) is 7.15. The number of anilines is 1. The average Bonchev–Trinajstić information content (AvgIpc) is 2.99. The number of hydrogen-bond donors (Lipinski definition) is 2. The number of hydrogen-bond acceptors (Lipinski definition) is 5. The van der Waals surface area contributed by atoms with Crippen LogP contribution in [0.25, 0.3) is 0 Å². The van der Waals surface area contributed by atoms with Crippen molar-refractivity contribution >= 4 is 17.6 Å². The van der Waals surface area contributed by atoms with Crippen LogP contribution >= 0.6 is 0 Å². The fourth-order valence-electron chi connectivity index (χ4n) is 3.42. The van der Waals surface area contributed by atoms with Gasteiger partial charge in [-0.2, -0.15) is 0 Å². The summed E-state index contributed by atoms with van der Waals surface area (Å²) in [7, 11) is 1.65. The van der Waals surface area contributed by atoms with E-state index in [1.54, 1.807) is 19.4 Å². The Morgan fingerprint density at radius 2 is 1.71 bits per heavy atom. The van der Waals surface area contributed by atoms with Gasteiger partial charge in [0, 0.05) is 31.7 Å². The number of nitrogens with one attached hydrogen (secondary N) is 1. The average molecular weight is 371 g/mol. The number of carbonyl (C=O) groups is 1. The standard InChI is InChI=1S/C22H21N5O/c1-27-20(28)22(26-21(27)23,17-6-3-2-4-7-17)18-8-5-9-19(14-18)25-15-16-10-12-24-13-11-16/h2-14,25H,15H2,1H3,(H2,23,26). The molecule has 0 aliphatic carbocycles. The van der Waals surface area contributed by atoms with Crippen molar-refractivity contribution in [2.75, 3.05) is 12.4 Å². The van der Waals surface area contributed by atoms with Crippen LogP contribution in [0.5, 0.6) is 0 Å². The Balaban J connectivity index is 1.73. The Labute approximate surface area is 163 Å². The van der Waals surface area contributed by atoms with Gasteiger partial charge >= 0.3 is 0 Å². The molecule has 4 rings (SSSR count). The fourth-order valence-corrected chi connectivity index (χ4v) is 3.42. The summed E-state index contributed by atoms with van der Waals surface area (Å²) in [5.41, 5.74) is 8.44. The van der Waals surface area contributed by atoms with E-state index in [0.717, 1.165) is 22.4 Å². The number of aliphatic imine (C=N–C) groups is 1. The van der Waals surface area contributed by atoms with Gasteiger partial charge in [-0.3, -0.25) is 14.7 Å². The molecule has 6 nitrogen and oxygen atoms in total. The first-order chi connectivity index (χ1) is 13.6. The molecule has 1 aliphatic heterocycles. The first-order valence-electron chi connectivity index (χ1n) is 9.03. The zero-order valence-corrected chi connectivity index (χ0v) is 15.5. The minimum atomic E-state index is -1.17. The van der Waals surface area contributed by atoms with Gasteiger partial charge in [0.05, 0.1) is 0 Å². The van der Waals surface area contributed by atoms with Crippen LogP contribution < -0.4 is 11.1 Å². The third-order valence-electron chi connectivity index (χ3n) is 4.96. The third kappa shape index (κ3) is 2.99. The smallest absolute Gasteiger partial charge is 0.266 e. The van der Waals surface area contributed by atoms with E-state index in [9.17, 15) is 4.79 Å². The van der Waals surface area contributed by atoms with Gasteiger partial charge in [-0.25, -0.2) is 4.99 Å². The number of rotatable bonds is 5. The number of nitrogens with zero attached hydrogens (tertiary/aromatic N) is 3.